The molecule has 0 saturated heterocycles. The first-order valence-electron chi connectivity index (χ1n) is 5.79. The zero-order valence-corrected chi connectivity index (χ0v) is 8.96. The molecule has 0 bridgehead atoms. The van der Waals surface area contributed by atoms with Crippen LogP contribution >= 0.6 is 0 Å². The van der Waals surface area contributed by atoms with E-state index in [0.717, 1.165) is 44.5 Å². The van der Waals surface area contributed by atoms with Crippen molar-refractivity contribution in [2.75, 3.05) is 6.61 Å². The monoisotopic (exact) mass is 203 g/mol. The van der Waals surface area contributed by atoms with Gasteiger partial charge in [-0.15, -0.1) is 0 Å². The van der Waals surface area contributed by atoms with E-state index in [1.807, 2.05) is 0 Å². The van der Waals surface area contributed by atoms with Crippen LogP contribution in [0.2, 0.25) is 0 Å². The Labute approximate surface area is 90.4 Å². The minimum absolute atomic E-state index is 0.0793. The second-order valence-electron chi connectivity index (χ2n) is 4.90. The Hall–Kier alpha value is -1.02. The molecule has 0 unspecified atom stereocenters. The summed E-state index contributed by atoms with van der Waals surface area (Å²) in [6.07, 6.45) is 5.61. The summed E-state index contributed by atoms with van der Waals surface area (Å²) in [6.45, 7) is 0.863. The third-order valence-electron chi connectivity index (χ3n) is 3.45. The Morgan fingerprint density at radius 2 is 2.20 bits per heavy atom. The third-order valence-corrected chi connectivity index (χ3v) is 3.45. The van der Waals surface area contributed by atoms with Crippen LogP contribution in [-0.2, 0) is 12.8 Å². The molecule has 1 aromatic rings. The van der Waals surface area contributed by atoms with Crippen LogP contribution < -0.4 is 10.5 Å². The van der Waals surface area contributed by atoms with Crippen molar-refractivity contribution < 1.29 is 4.74 Å². The van der Waals surface area contributed by atoms with E-state index < -0.39 is 0 Å². The van der Waals surface area contributed by atoms with Gasteiger partial charge in [-0.2, -0.15) is 0 Å². The molecule has 1 aliphatic carbocycles. The average molecular weight is 203 g/mol. The van der Waals surface area contributed by atoms with E-state index in [0.29, 0.717) is 0 Å². The van der Waals surface area contributed by atoms with Crippen LogP contribution in [0.3, 0.4) is 0 Å². The summed E-state index contributed by atoms with van der Waals surface area (Å²) in [5.41, 5.74) is 8.91. The second kappa shape index (κ2) is 3.24. The molecule has 1 aliphatic heterocycles. The van der Waals surface area contributed by atoms with Gasteiger partial charge >= 0.3 is 0 Å². The molecule has 3 rings (SSSR count). The van der Waals surface area contributed by atoms with Crippen LogP contribution in [0.15, 0.2) is 18.2 Å². The van der Waals surface area contributed by atoms with Gasteiger partial charge in [0.05, 0.1) is 6.61 Å². The van der Waals surface area contributed by atoms with E-state index in [4.69, 9.17) is 10.5 Å². The molecule has 1 aromatic carbocycles. The summed E-state index contributed by atoms with van der Waals surface area (Å²) in [7, 11) is 0. The molecule has 80 valence electrons. The van der Waals surface area contributed by atoms with Crippen LogP contribution in [0.4, 0.5) is 0 Å². The van der Waals surface area contributed by atoms with Gasteiger partial charge in [-0.25, -0.2) is 0 Å². The lowest BCUT2D eigenvalue weighted by Crippen LogP contribution is -2.25. The Morgan fingerprint density at radius 3 is 3.00 bits per heavy atom. The van der Waals surface area contributed by atoms with Crippen molar-refractivity contribution >= 4 is 0 Å². The van der Waals surface area contributed by atoms with Crippen molar-refractivity contribution in [2.24, 2.45) is 5.73 Å². The first-order chi connectivity index (χ1) is 7.27. The predicted molar refractivity (Wildman–Crippen MR) is 60.1 cm³/mol. The minimum Gasteiger partial charge on any atom is -0.493 e. The highest BCUT2D eigenvalue weighted by Crippen LogP contribution is 2.39. The number of hydrogen-bond acceptors (Lipinski definition) is 2. The molecule has 2 nitrogen and oxygen atoms in total. The molecule has 0 aromatic heterocycles. The molecular weight excluding hydrogens is 186 g/mol. The van der Waals surface area contributed by atoms with Gasteiger partial charge in [-0.05, 0) is 43.2 Å². The molecule has 0 spiro atoms. The second-order valence-corrected chi connectivity index (χ2v) is 4.90. The molecule has 1 heterocycles. The van der Waals surface area contributed by atoms with Gasteiger partial charge in [0.25, 0.3) is 0 Å². The van der Waals surface area contributed by atoms with Crippen molar-refractivity contribution in [3.63, 3.8) is 0 Å². The van der Waals surface area contributed by atoms with E-state index in [1.165, 1.54) is 11.1 Å². The Kier molecular flexibility index (Phi) is 1.99. The standard InChI is InChI=1S/C13H17NO/c14-13(6-7-13)9-11-4-1-3-10-5-2-8-15-12(10)11/h1,3-4H,2,5-9,14H2. The summed E-state index contributed by atoms with van der Waals surface area (Å²) in [4.78, 5) is 0. The first kappa shape index (κ1) is 9.22. The molecule has 0 atom stereocenters. The highest BCUT2D eigenvalue weighted by molar-refractivity contribution is 5.44. The van der Waals surface area contributed by atoms with Crippen LogP contribution in [-0.4, -0.2) is 12.1 Å². The largest absolute Gasteiger partial charge is 0.493 e. The van der Waals surface area contributed by atoms with Crippen LogP contribution in [0.1, 0.15) is 30.4 Å². The topological polar surface area (TPSA) is 35.2 Å². The third kappa shape index (κ3) is 1.74. The molecule has 0 amide bonds. The molecular formula is C13H17NO. The van der Waals surface area contributed by atoms with Crippen molar-refractivity contribution in [1.29, 1.82) is 0 Å². The maximum Gasteiger partial charge on any atom is 0.125 e. The van der Waals surface area contributed by atoms with Gasteiger partial charge in [0.2, 0.25) is 0 Å². The summed E-state index contributed by atoms with van der Waals surface area (Å²) in [5, 5.41) is 0. The summed E-state index contributed by atoms with van der Waals surface area (Å²) >= 11 is 0. The van der Waals surface area contributed by atoms with Crippen molar-refractivity contribution in [1.82, 2.24) is 0 Å². The minimum atomic E-state index is 0.0793. The van der Waals surface area contributed by atoms with Crippen molar-refractivity contribution in [2.45, 2.75) is 37.6 Å². The molecule has 15 heavy (non-hydrogen) atoms. The summed E-state index contributed by atoms with van der Waals surface area (Å²) in [6, 6.07) is 6.47. The number of aryl methyl sites for hydroxylation is 1. The lowest BCUT2D eigenvalue weighted by molar-refractivity contribution is 0.284. The van der Waals surface area contributed by atoms with Crippen molar-refractivity contribution in [3.05, 3.63) is 29.3 Å². The van der Waals surface area contributed by atoms with E-state index in [2.05, 4.69) is 18.2 Å². The SMILES string of the molecule is NC1(Cc2cccc3c2OCCC3)CC1. The Bertz CT molecular complexity index is 382. The highest BCUT2D eigenvalue weighted by atomic mass is 16.5. The van der Waals surface area contributed by atoms with Gasteiger partial charge in [-0.1, -0.05) is 18.2 Å². The van der Waals surface area contributed by atoms with Crippen LogP contribution in [0.5, 0.6) is 5.75 Å². The first-order valence-corrected chi connectivity index (χ1v) is 5.79. The number of nitrogens with two attached hydrogens (primary N) is 1. The van der Waals surface area contributed by atoms with Crippen LogP contribution in [0.25, 0.3) is 0 Å². The van der Waals surface area contributed by atoms with Gasteiger partial charge in [0, 0.05) is 5.54 Å². The Balaban J connectivity index is 1.92. The van der Waals surface area contributed by atoms with Crippen molar-refractivity contribution in [3.8, 4) is 5.75 Å². The predicted octanol–water partition coefficient (Wildman–Crippen LogP) is 2.05. The molecule has 2 N–H and O–H groups in total. The number of fused-ring (bicyclic) bond motifs is 1. The van der Waals surface area contributed by atoms with Crippen LogP contribution in [0, 0.1) is 0 Å². The number of benzene rings is 1. The highest BCUT2D eigenvalue weighted by Gasteiger charge is 2.39. The fourth-order valence-electron chi connectivity index (χ4n) is 2.31. The summed E-state index contributed by atoms with van der Waals surface area (Å²) < 4.78 is 5.77. The number of rotatable bonds is 2. The molecule has 2 heteroatoms. The van der Waals surface area contributed by atoms with Gasteiger partial charge in [0.1, 0.15) is 5.75 Å². The molecule has 0 radical (unpaired) electrons. The van der Waals surface area contributed by atoms with E-state index >= 15 is 0 Å². The molecule has 1 saturated carbocycles. The number of ether oxygens (including phenoxy) is 1. The number of hydrogen-bond donors (Lipinski definition) is 1. The van der Waals surface area contributed by atoms with Gasteiger partial charge in [0.15, 0.2) is 0 Å². The molecule has 2 aliphatic rings. The molecule has 1 fully saturated rings. The Morgan fingerprint density at radius 1 is 1.33 bits per heavy atom. The van der Waals surface area contributed by atoms with E-state index in [1.54, 1.807) is 0 Å². The van der Waals surface area contributed by atoms with Gasteiger partial charge < -0.3 is 10.5 Å². The lowest BCUT2D eigenvalue weighted by atomic mass is 9.97. The van der Waals surface area contributed by atoms with E-state index in [9.17, 15) is 0 Å². The zero-order chi connectivity index (χ0) is 10.3. The average Bonchev–Trinajstić information content (AvgIpc) is 2.97. The summed E-state index contributed by atoms with van der Waals surface area (Å²) in [5.74, 6) is 1.13. The fraction of sp³-hybridized carbons (Fsp3) is 0.538. The van der Waals surface area contributed by atoms with E-state index in [-0.39, 0.29) is 5.54 Å². The number of para-hydroxylation sites is 1. The maximum atomic E-state index is 6.16. The zero-order valence-electron chi connectivity index (χ0n) is 8.96. The fourth-order valence-corrected chi connectivity index (χ4v) is 2.31. The normalized spacial score (nSPS) is 21.7. The lowest BCUT2D eigenvalue weighted by Gasteiger charge is -2.21. The maximum absolute atomic E-state index is 6.16. The smallest absolute Gasteiger partial charge is 0.125 e. The quantitative estimate of drug-likeness (QED) is 0.798. The van der Waals surface area contributed by atoms with Gasteiger partial charge in [-0.3, -0.25) is 0 Å².